The van der Waals surface area contributed by atoms with Crippen LogP contribution in [0.5, 0.6) is 11.5 Å². The second kappa shape index (κ2) is 8.96. The van der Waals surface area contributed by atoms with Crippen molar-refractivity contribution in [3.8, 4) is 22.2 Å². The van der Waals surface area contributed by atoms with Gasteiger partial charge in [-0.15, -0.1) is 0 Å². The van der Waals surface area contributed by atoms with E-state index >= 15 is 0 Å². The zero-order chi connectivity index (χ0) is 22.8. The molecule has 0 atom stereocenters. The van der Waals surface area contributed by atoms with Crippen molar-refractivity contribution in [2.24, 2.45) is 0 Å². The van der Waals surface area contributed by atoms with Crippen molar-refractivity contribution < 1.29 is 22.6 Å². The van der Waals surface area contributed by atoms with E-state index in [1.54, 1.807) is 24.4 Å². The standard InChI is InChI=1S/C19H22N6O4S2/c1-24(2)31(26,27)16-11-15(29-4)14(28-3)9-12(16)10-17(20)25-19(21)30-18(23-25)13-7-5-6-8-22-13/h5-9,11,20-21H,10H2,1-4H3/p+1. The summed E-state index contributed by atoms with van der Waals surface area (Å²) < 4.78 is 38.8. The Labute approximate surface area is 184 Å². The summed E-state index contributed by atoms with van der Waals surface area (Å²) in [5.74, 6) is 0.628. The highest BCUT2D eigenvalue weighted by molar-refractivity contribution is 7.89. The largest absolute Gasteiger partial charge is 0.493 e. The molecule has 0 unspecified atom stereocenters. The first-order valence-electron chi connectivity index (χ1n) is 9.04. The third-order valence-corrected chi connectivity index (χ3v) is 7.19. The molecule has 10 nitrogen and oxygen atoms in total. The Morgan fingerprint density at radius 3 is 2.48 bits per heavy atom. The predicted octanol–water partition coefficient (Wildman–Crippen LogP) is 1.41. The molecule has 2 heterocycles. The average molecular weight is 464 g/mol. The number of nitrogen functional groups attached to an aromatic ring is 1. The summed E-state index contributed by atoms with van der Waals surface area (Å²) in [6.45, 7) is 0. The van der Waals surface area contributed by atoms with Crippen LogP contribution in [0.15, 0.2) is 41.4 Å². The van der Waals surface area contributed by atoms with E-state index in [4.69, 9.17) is 20.6 Å². The van der Waals surface area contributed by atoms with Gasteiger partial charge in [0, 0.05) is 26.4 Å². The number of nitrogens with one attached hydrogen (secondary N) is 1. The SMILES string of the molecule is COc1cc(CC(=N)[n+]2nc(-c3ccccn3)sc2N)c(S(=O)(=O)N(C)C)cc1OC. The lowest BCUT2D eigenvalue weighted by Crippen LogP contribution is -2.47. The van der Waals surface area contributed by atoms with Crippen LogP contribution in [0, 0.1) is 5.41 Å². The molecule has 0 fully saturated rings. The van der Waals surface area contributed by atoms with Gasteiger partial charge in [-0.3, -0.25) is 4.98 Å². The van der Waals surface area contributed by atoms with Crippen LogP contribution in [0.2, 0.25) is 0 Å². The quantitative estimate of drug-likeness (QED) is 0.307. The average Bonchev–Trinajstić information content (AvgIpc) is 3.15. The first-order valence-corrected chi connectivity index (χ1v) is 11.3. The molecule has 3 N–H and O–H groups in total. The van der Waals surface area contributed by atoms with Crippen LogP contribution in [-0.2, 0) is 16.4 Å². The van der Waals surface area contributed by atoms with E-state index in [0.29, 0.717) is 22.0 Å². The van der Waals surface area contributed by atoms with Gasteiger partial charge < -0.3 is 15.2 Å². The smallest absolute Gasteiger partial charge is 0.304 e. The summed E-state index contributed by atoms with van der Waals surface area (Å²) in [4.78, 5) is 4.26. The minimum absolute atomic E-state index is 0.00152. The summed E-state index contributed by atoms with van der Waals surface area (Å²) in [6, 6.07) is 8.36. The summed E-state index contributed by atoms with van der Waals surface area (Å²) in [5, 5.41) is 13.8. The molecule has 31 heavy (non-hydrogen) atoms. The molecule has 1 aromatic carbocycles. The van der Waals surface area contributed by atoms with E-state index in [0.717, 1.165) is 4.31 Å². The summed E-state index contributed by atoms with van der Waals surface area (Å²) in [5.41, 5.74) is 7.08. The molecule has 0 saturated heterocycles. The molecular weight excluding hydrogens is 440 g/mol. The van der Waals surface area contributed by atoms with Crippen LogP contribution >= 0.6 is 11.3 Å². The van der Waals surface area contributed by atoms with Gasteiger partial charge in [0.05, 0.1) is 25.5 Å². The Balaban J connectivity index is 2.04. The lowest BCUT2D eigenvalue weighted by molar-refractivity contribution is -0.603. The Kier molecular flexibility index (Phi) is 6.53. The minimum atomic E-state index is -3.81. The molecular formula is C19H23N6O4S2+. The van der Waals surface area contributed by atoms with Gasteiger partial charge in [-0.25, -0.2) is 12.7 Å². The summed E-state index contributed by atoms with van der Waals surface area (Å²) in [7, 11) is 1.95. The van der Waals surface area contributed by atoms with Crippen molar-refractivity contribution in [3.63, 3.8) is 0 Å². The fourth-order valence-corrected chi connectivity index (χ4v) is 4.72. The maximum atomic E-state index is 12.9. The molecule has 3 aromatic rings. The monoisotopic (exact) mass is 463 g/mol. The number of ether oxygens (including phenoxy) is 2. The topological polar surface area (TPSA) is 135 Å². The second-order valence-electron chi connectivity index (χ2n) is 6.60. The molecule has 0 bridgehead atoms. The van der Waals surface area contributed by atoms with Gasteiger partial charge in [0.1, 0.15) is 5.69 Å². The molecule has 12 heteroatoms. The van der Waals surface area contributed by atoms with Crippen LogP contribution in [0.4, 0.5) is 5.13 Å². The van der Waals surface area contributed by atoms with Gasteiger partial charge in [-0.1, -0.05) is 15.8 Å². The van der Waals surface area contributed by atoms with Gasteiger partial charge in [-0.2, -0.15) is 5.41 Å². The van der Waals surface area contributed by atoms with Crippen molar-refractivity contribution in [1.29, 1.82) is 5.41 Å². The Morgan fingerprint density at radius 2 is 1.90 bits per heavy atom. The van der Waals surface area contributed by atoms with E-state index in [1.807, 2.05) is 6.07 Å². The normalized spacial score (nSPS) is 11.5. The fourth-order valence-electron chi connectivity index (χ4n) is 2.82. The number of nitrogens with two attached hydrogens (primary N) is 1. The maximum Gasteiger partial charge on any atom is 0.304 e. The van der Waals surface area contributed by atoms with Gasteiger partial charge in [0.25, 0.3) is 5.84 Å². The fraction of sp³-hybridized carbons (Fsp3) is 0.263. The number of methoxy groups -OCH3 is 2. The summed E-state index contributed by atoms with van der Waals surface area (Å²) >= 11 is 1.19. The summed E-state index contributed by atoms with van der Waals surface area (Å²) in [6.07, 6.45) is 1.59. The molecule has 0 aliphatic heterocycles. The second-order valence-corrected chi connectivity index (χ2v) is 9.73. The molecule has 2 aromatic heterocycles. The van der Waals surface area contributed by atoms with E-state index in [1.165, 1.54) is 50.4 Å². The van der Waals surface area contributed by atoms with Crippen LogP contribution < -0.4 is 19.9 Å². The predicted molar refractivity (Wildman–Crippen MR) is 117 cm³/mol. The van der Waals surface area contributed by atoms with E-state index in [2.05, 4.69) is 10.1 Å². The minimum Gasteiger partial charge on any atom is -0.493 e. The molecule has 0 saturated carbocycles. The third-order valence-electron chi connectivity index (χ3n) is 4.42. The number of rotatable bonds is 7. The van der Waals surface area contributed by atoms with Crippen molar-refractivity contribution >= 4 is 32.3 Å². The van der Waals surface area contributed by atoms with Gasteiger partial charge >= 0.3 is 5.13 Å². The lowest BCUT2D eigenvalue weighted by atomic mass is 10.1. The van der Waals surface area contributed by atoms with E-state index < -0.39 is 10.0 Å². The number of sulfonamides is 1. The van der Waals surface area contributed by atoms with Crippen LogP contribution in [0.3, 0.4) is 0 Å². The number of pyridine rings is 1. The number of benzene rings is 1. The maximum absolute atomic E-state index is 12.9. The van der Waals surface area contributed by atoms with Crippen LogP contribution in [0.25, 0.3) is 10.7 Å². The van der Waals surface area contributed by atoms with Crippen molar-refractivity contribution in [2.75, 3.05) is 34.0 Å². The van der Waals surface area contributed by atoms with Crippen molar-refractivity contribution in [3.05, 3.63) is 42.1 Å². The highest BCUT2D eigenvalue weighted by atomic mass is 32.2. The number of hydrogen-bond donors (Lipinski definition) is 2. The van der Waals surface area contributed by atoms with Crippen molar-refractivity contribution in [2.45, 2.75) is 11.3 Å². The van der Waals surface area contributed by atoms with Gasteiger partial charge in [-0.05, 0) is 35.1 Å². The first-order chi connectivity index (χ1) is 14.7. The zero-order valence-electron chi connectivity index (χ0n) is 17.5. The third kappa shape index (κ3) is 4.50. The van der Waals surface area contributed by atoms with Gasteiger partial charge in [0.2, 0.25) is 10.0 Å². The Morgan fingerprint density at radius 1 is 1.23 bits per heavy atom. The van der Waals surface area contributed by atoms with Crippen LogP contribution in [0.1, 0.15) is 5.56 Å². The van der Waals surface area contributed by atoms with Gasteiger partial charge in [0.15, 0.2) is 16.5 Å². The Bertz CT molecular complexity index is 1210. The molecule has 0 aliphatic rings. The van der Waals surface area contributed by atoms with Crippen molar-refractivity contribution in [1.82, 2.24) is 14.4 Å². The molecule has 0 spiro atoms. The highest BCUT2D eigenvalue weighted by Crippen LogP contribution is 2.34. The lowest BCUT2D eigenvalue weighted by Gasteiger charge is -2.17. The molecule has 164 valence electrons. The van der Waals surface area contributed by atoms with E-state index in [-0.39, 0.29) is 28.0 Å². The number of nitrogens with zero attached hydrogens (tertiary/aromatic N) is 4. The first kappa shape index (κ1) is 22.6. The molecule has 0 amide bonds. The Hall–Kier alpha value is -3.09. The number of hydrogen-bond acceptors (Lipinski definition) is 9. The molecule has 3 rings (SSSR count). The molecule has 0 aliphatic carbocycles. The number of aromatic nitrogens is 3. The highest BCUT2D eigenvalue weighted by Gasteiger charge is 2.27. The number of anilines is 1. The van der Waals surface area contributed by atoms with E-state index in [9.17, 15) is 8.42 Å². The van der Waals surface area contributed by atoms with Crippen LogP contribution in [-0.4, -0.2) is 57.0 Å². The molecule has 0 radical (unpaired) electrons. The zero-order valence-corrected chi connectivity index (χ0v) is 19.1.